The Balaban J connectivity index is 2.16. The third-order valence-electron chi connectivity index (χ3n) is 2.75. The van der Waals surface area contributed by atoms with Crippen molar-refractivity contribution in [3.63, 3.8) is 0 Å². The average molecular weight is 276 g/mol. The number of carbonyl (C=O) groups is 1. The van der Waals surface area contributed by atoms with Crippen LogP contribution < -0.4 is 16.2 Å². The van der Waals surface area contributed by atoms with Gasteiger partial charge in [0, 0.05) is 17.2 Å². The summed E-state index contributed by atoms with van der Waals surface area (Å²) < 4.78 is 5.88. The van der Waals surface area contributed by atoms with Crippen molar-refractivity contribution in [2.45, 2.75) is 19.1 Å². The molecule has 2 unspecified atom stereocenters. The van der Waals surface area contributed by atoms with E-state index in [0.717, 1.165) is 5.56 Å². The van der Waals surface area contributed by atoms with E-state index >= 15 is 0 Å². The molecule has 1 heterocycles. The zero-order valence-electron chi connectivity index (χ0n) is 10.6. The highest BCUT2D eigenvalue weighted by Crippen LogP contribution is 2.26. The van der Waals surface area contributed by atoms with E-state index in [1.165, 1.54) is 0 Å². The fourth-order valence-electron chi connectivity index (χ4n) is 1.76. The monoisotopic (exact) mass is 276 g/mol. The minimum atomic E-state index is -0.451. The fraction of sp³-hybridized carbons (Fsp3) is 0.214. The number of primary amides is 1. The molecule has 2 aromatic rings. The van der Waals surface area contributed by atoms with E-state index in [1.54, 1.807) is 35.6 Å². The Bertz CT molecular complexity index is 535. The zero-order valence-corrected chi connectivity index (χ0v) is 11.4. The topological polar surface area (TPSA) is 78.3 Å². The van der Waals surface area contributed by atoms with E-state index in [4.69, 9.17) is 16.2 Å². The first-order chi connectivity index (χ1) is 9.08. The SMILES string of the molecule is CC(N)C(Oc1ccc(C(N)=O)cc1)c1ccsc1. The summed E-state index contributed by atoms with van der Waals surface area (Å²) in [5.41, 5.74) is 12.7. The van der Waals surface area contributed by atoms with Gasteiger partial charge in [-0.1, -0.05) is 0 Å². The molecule has 1 amide bonds. The van der Waals surface area contributed by atoms with Gasteiger partial charge in [-0.25, -0.2) is 0 Å². The molecule has 5 heteroatoms. The van der Waals surface area contributed by atoms with E-state index in [1.807, 2.05) is 23.8 Å². The Kier molecular flexibility index (Phi) is 4.19. The molecule has 0 saturated carbocycles. The summed E-state index contributed by atoms with van der Waals surface area (Å²) in [6, 6.07) is 8.60. The van der Waals surface area contributed by atoms with Crippen molar-refractivity contribution in [2.24, 2.45) is 11.5 Å². The van der Waals surface area contributed by atoms with Gasteiger partial charge in [0.15, 0.2) is 0 Å². The van der Waals surface area contributed by atoms with Gasteiger partial charge in [0.2, 0.25) is 5.91 Å². The van der Waals surface area contributed by atoms with Gasteiger partial charge in [-0.2, -0.15) is 11.3 Å². The van der Waals surface area contributed by atoms with Crippen molar-refractivity contribution >= 4 is 17.2 Å². The Hall–Kier alpha value is -1.85. The van der Waals surface area contributed by atoms with Crippen molar-refractivity contribution < 1.29 is 9.53 Å². The van der Waals surface area contributed by atoms with Crippen molar-refractivity contribution in [1.82, 2.24) is 0 Å². The highest BCUT2D eigenvalue weighted by molar-refractivity contribution is 7.07. The van der Waals surface area contributed by atoms with Crippen LogP contribution >= 0.6 is 11.3 Å². The molecule has 0 aliphatic carbocycles. The number of nitrogens with two attached hydrogens (primary N) is 2. The molecule has 2 atom stereocenters. The Morgan fingerprint density at radius 3 is 2.42 bits per heavy atom. The molecule has 0 bridgehead atoms. The van der Waals surface area contributed by atoms with Crippen LogP contribution in [0.3, 0.4) is 0 Å². The molecule has 0 spiro atoms. The molecule has 1 aromatic carbocycles. The third kappa shape index (κ3) is 3.33. The average Bonchev–Trinajstić information content (AvgIpc) is 2.89. The molecular formula is C14H16N2O2S. The van der Waals surface area contributed by atoms with Gasteiger partial charge < -0.3 is 16.2 Å². The molecule has 1 aromatic heterocycles. The Morgan fingerprint density at radius 2 is 1.95 bits per heavy atom. The number of carbonyl (C=O) groups excluding carboxylic acids is 1. The largest absolute Gasteiger partial charge is 0.484 e. The van der Waals surface area contributed by atoms with E-state index < -0.39 is 5.91 Å². The highest BCUT2D eigenvalue weighted by atomic mass is 32.1. The maximum atomic E-state index is 11.0. The van der Waals surface area contributed by atoms with Gasteiger partial charge in [-0.05, 0) is 48.0 Å². The van der Waals surface area contributed by atoms with E-state index in [-0.39, 0.29) is 12.1 Å². The predicted molar refractivity (Wildman–Crippen MR) is 76.3 cm³/mol. The minimum absolute atomic E-state index is 0.134. The molecule has 4 nitrogen and oxygen atoms in total. The van der Waals surface area contributed by atoms with Crippen LogP contribution in [0.4, 0.5) is 0 Å². The van der Waals surface area contributed by atoms with Gasteiger partial charge in [-0.15, -0.1) is 0 Å². The standard InChI is InChI=1S/C14H16N2O2S/c1-9(15)13(11-6-7-19-8-11)18-12-4-2-10(3-5-12)14(16)17/h2-9,13H,15H2,1H3,(H2,16,17). The molecule has 100 valence electrons. The van der Waals surface area contributed by atoms with Crippen molar-refractivity contribution in [1.29, 1.82) is 0 Å². The second-order valence-corrected chi connectivity index (χ2v) is 5.12. The summed E-state index contributed by atoms with van der Waals surface area (Å²) in [6.45, 7) is 1.90. The van der Waals surface area contributed by atoms with Gasteiger partial charge in [0.1, 0.15) is 11.9 Å². The summed E-state index contributed by atoms with van der Waals surface area (Å²) >= 11 is 1.61. The smallest absolute Gasteiger partial charge is 0.248 e. The Labute approximate surface area is 116 Å². The Morgan fingerprint density at radius 1 is 1.26 bits per heavy atom. The van der Waals surface area contributed by atoms with Crippen LogP contribution in [0.1, 0.15) is 28.9 Å². The molecule has 0 aliphatic heterocycles. The van der Waals surface area contributed by atoms with Crippen LogP contribution in [0, 0.1) is 0 Å². The maximum absolute atomic E-state index is 11.0. The fourth-order valence-corrected chi connectivity index (χ4v) is 2.44. The predicted octanol–water partition coefficient (Wildman–Crippen LogP) is 2.31. The summed E-state index contributed by atoms with van der Waals surface area (Å²) in [6.07, 6.45) is -0.203. The van der Waals surface area contributed by atoms with Gasteiger partial charge in [-0.3, -0.25) is 4.79 Å². The van der Waals surface area contributed by atoms with E-state index in [0.29, 0.717) is 11.3 Å². The number of hydrogen-bond donors (Lipinski definition) is 2. The number of ether oxygens (including phenoxy) is 1. The van der Waals surface area contributed by atoms with Gasteiger partial charge in [0.05, 0.1) is 0 Å². The first kappa shape index (κ1) is 13.6. The maximum Gasteiger partial charge on any atom is 0.248 e. The zero-order chi connectivity index (χ0) is 13.8. The molecule has 0 saturated heterocycles. The lowest BCUT2D eigenvalue weighted by atomic mass is 10.1. The number of amides is 1. The molecule has 2 rings (SSSR count). The first-order valence-electron chi connectivity index (χ1n) is 5.92. The molecule has 0 radical (unpaired) electrons. The van der Waals surface area contributed by atoms with E-state index in [2.05, 4.69) is 0 Å². The van der Waals surface area contributed by atoms with Gasteiger partial charge in [0.25, 0.3) is 0 Å². The third-order valence-corrected chi connectivity index (χ3v) is 3.45. The minimum Gasteiger partial charge on any atom is -0.484 e. The second kappa shape index (κ2) is 5.86. The lowest BCUT2D eigenvalue weighted by Gasteiger charge is -2.21. The molecule has 4 N–H and O–H groups in total. The van der Waals surface area contributed by atoms with Crippen molar-refractivity contribution in [2.75, 3.05) is 0 Å². The van der Waals surface area contributed by atoms with Crippen molar-refractivity contribution in [3.05, 3.63) is 52.2 Å². The first-order valence-corrected chi connectivity index (χ1v) is 6.86. The number of hydrogen-bond acceptors (Lipinski definition) is 4. The molecular weight excluding hydrogens is 260 g/mol. The molecule has 0 fully saturated rings. The van der Waals surface area contributed by atoms with Crippen molar-refractivity contribution in [3.8, 4) is 5.75 Å². The second-order valence-electron chi connectivity index (χ2n) is 4.34. The molecule has 19 heavy (non-hydrogen) atoms. The summed E-state index contributed by atoms with van der Waals surface area (Å²) in [5, 5.41) is 4.01. The van der Waals surface area contributed by atoms with Crippen LogP contribution in [-0.4, -0.2) is 11.9 Å². The number of rotatable bonds is 5. The number of thiophene rings is 1. The highest BCUT2D eigenvalue weighted by Gasteiger charge is 2.18. The van der Waals surface area contributed by atoms with Crippen LogP contribution in [0.25, 0.3) is 0 Å². The summed E-state index contributed by atoms with van der Waals surface area (Å²) in [7, 11) is 0. The van der Waals surface area contributed by atoms with Crippen LogP contribution in [0.15, 0.2) is 41.1 Å². The quantitative estimate of drug-likeness (QED) is 0.879. The lowest BCUT2D eigenvalue weighted by Crippen LogP contribution is -2.28. The summed E-state index contributed by atoms with van der Waals surface area (Å²) in [4.78, 5) is 11.0. The summed E-state index contributed by atoms with van der Waals surface area (Å²) in [5.74, 6) is 0.214. The van der Waals surface area contributed by atoms with Crippen LogP contribution in [0.2, 0.25) is 0 Å². The normalized spacial score (nSPS) is 13.8. The van der Waals surface area contributed by atoms with Gasteiger partial charge >= 0.3 is 0 Å². The van der Waals surface area contributed by atoms with Crippen LogP contribution in [0.5, 0.6) is 5.75 Å². The molecule has 0 aliphatic rings. The van der Waals surface area contributed by atoms with E-state index in [9.17, 15) is 4.79 Å². The number of benzene rings is 1. The lowest BCUT2D eigenvalue weighted by molar-refractivity contribution is 0.1000. The van der Waals surface area contributed by atoms with Crippen LogP contribution in [-0.2, 0) is 0 Å².